The number of aliphatic imine (C=N–C) groups is 1. The van der Waals surface area contributed by atoms with E-state index in [4.69, 9.17) is 9.73 Å². The first-order valence-corrected chi connectivity index (χ1v) is 10.9. The molecule has 3 rings (SSSR count). The van der Waals surface area contributed by atoms with E-state index < -0.39 is 0 Å². The first-order chi connectivity index (χ1) is 14.1. The van der Waals surface area contributed by atoms with E-state index in [1.165, 1.54) is 12.0 Å². The van der Waals surface area contributed by atoms with Crippen LogP contribution in [0.1, 0.15) is 22.4 Å². The second-order valence-electron chi connectivity index (χ2n) is 7.08. The number of hydrogen-bond acceptors (Lipinski definition) is 5. The van der Waals surface area contributed by atoms with Gasteiger partial charge in [0.1, 0.15) is 0 Å². The molecule has 1 aliphatic rings. The van der Waals surface area contributed by atoms with Gasteiger partial charge < -0.3 is 15.0 Å². The zero-order chi connectivity index (χ0) is 20.6. The maximum Gasteiger partial charge on any atom is 0.194 e. The van der Waals surface area contributed by atoms with Crippen molar-refractivity contribution in [2.24, 2.45) is 4.99 Å². The van der Waals surface area contributed by atoms with Crippen LogP contribution in [0, 0.1) is 12.7 Å². The lowest BCUT2D eigenvalue weighted by molar-refractivity contribution is 0.172. The molecule has 158 valence electrons. The van der Waals surface area contributed by atoms with Crippen molar-refractivity contribution in [3.8, 4) is 5.75 Å². The number of aromatic nitrogens is 1. The van der Waals surface area contributed by atoms with Crippen LogP contribution in [0.3, 0.4) is 0 Å². The summed E-state index contributed by atoms with van der Waals surface area (Å²) in [6, 6.07) is 5.19. The lowest BCUT2D eigenvalue weighted by atomic mass is 10.2. The van der Waals surface area contributed by atoms with E-state index in [-0.39, 0.29) is 11.6 Å². The quantitative estimate of drug-likeness (QED) is 0.552. The van der Waals surface area contributed by atoms with Gasteiger partial charge >= 0.3 is 0 Å². The summed E-state index contributed by atoms with van der Waals surface area (Å²) in [7, 11) is 1.48. The highest BCUT2D eigenvalue weighted by molar-refractivity contribution is 7.11. The molecule has 1 aromatic heterocycles. The molecule has 1 N–H and O–H groups in total. The Labute approximate surface area is 176 Å². The van der Waals surface area contributed by atoms with Crippen molar-refractivity contribution in [1.29, 1.82) is 0 Å². The van der Waals surface area contributed by atoms with Gasteiger partial charge in [-0.15, -0.1) is 11.3 Å². The number of hydrogen-bond donors (Lipinski definition) is 1. The summed E-state index contributed by atoms with van der Waals surface area (Å²) in [5.41, 5.74) is 0.969. The molecule has 1 aliphatic heterocycles. The molecular formula is C21H30FN5OS. The number of guanidine groups is 1. The van der Waals surface area contributed by atoms with Gasteiger partial charge in [-0.25, -0.2) is 9.37 Å². The summed E-state index contributed by atoms with van der Waals surface area (Å²) in [5.74, 6) is 0.953. The van der Waals surface area contributed by atoms with Crippen molar-refractivity contribution in [2.45, 2.75) is 26.8 Å². The third-order valence-corrected chi connectivity index (χ3v) is 5.86. The minimum Gasteiger partial charge on any atom is -0.494 e. The van der Waals surface area contributed by atoms with Crippen LogP contribution in [0.4, 0.5) is 4.39 Å². The molecule has 0 spiro atoms. The zero-order valence-corrected chi connectivity index (χ0v) is 18.3. The van der Waals surface area contributed by atoms with E-state index in [1.54, 1.807) is 23.5 Å². The highest BCUT2D eigenvalue weighted by Crippen LogP contribution is 2.19. The average molecular weight is 420 g/mol. The van der Waals surface area contributed by atoms with Crippen molar-refractivity contribution < 1.29 is 9.13 Å². The van der Waals surface area contributed by atoms with E-state index in [0.717, 1.165) is 68.8 Å². The van der Waals surface area contributed by atoms with Gasteiger partial charge in [-0.3, -0.25) is 9.89 Å². The summed E-state index contributed by atoms with van der Waals surface area (Å²) in [6.45, 7) is 10.1. The van der Waals surface area contributed by atoms with Crippen molar-refractivity contribution in [1.82, 2.24) is 20.1 Å². The molecule has 0 bridgehead atoms. The summed E-state index contributed by atoms with van der Waals surface area (Å²) in [6.07, 6.45) is 2.79. The number of ether oxygens (including phenoxy) is 1. The summed E-state index contributed by atoms with van der Waals surface area (Å²) >= 11 is 1.74. The largest absolute Gasteiger partial charge is 0.494 e. The van der Waals surface area contributed by atoms with Crippen LogP contribution < -0.4 is 10.1 Å². The Kier molecular flexibility index (Phi) is 7.83. The maximum absolute atomic E-state index is 13.9. The molecule has 1 aromatic carbocycles. The van der Waals surface area contributed by atoms with E-state index in [2.05, 4.69) is 33.9 Å². The third kappa shape index (κ3) is 6.14. The molecule has 0 atom stereocenters. The fourth-order valence-corrected chi connectivity index (χ4v) is 4.16. The lowest BCUT2D eigenvalue weighted by Gasteiger charge is -2.36. The van der Waals surface area contributed by atoms with Gasteiger partial charge in [0, 0.05) is 63.3 Å². The number of benzene rings is 1. The van der Waals surface area contributed by atoms with Crippen molar-refractivity contribution in [2.75, 3.05) is 46.4 Å². The first-order valence-electron chi connectivity index (χ1n) is 10.1. The van der Waals surface area contributed by atoms with Crippen LogP contribution >= 0.6 is 11.3 Å². The van der Waals surface area contributed by atoms with E-state index in [9.17, 15) is 4.39 Å². The van der Waals surface area contributed by atoms with Crippen LogP contribution in [0.2, 0.25) is 0 Å². The molecule has 0 aliphatic carbocycles. The predicted octanol–water partition coefficient (Wildman–Crippen LogP) is 2.93. The number of thiazole rings is 1. The van der Waals surface area contributed by atoms with Gasteiger partial charge in [0.05, 0.1) is 12.1 Å². The highest BCUT2D eigenvalue weighted by atomic mass is 32.1. The fraction of sp³-hybridized carbons (Fsp3) is 0.524. The molecule has 2 aromatic rings. The first kappa shape index (κ1) is 21.5. The smallest absolute Gasteiger partial charge is 0.194 e. The monoisotopic (exact) mass is 419 g/mol. The highest BCUT2D eigenvalue weighted by Gasteiger charge is 2.20. The van der Waals surface area contributed by atoms with Gasteiger partial charge in [-0.1, -0.05) is 6.07 Å². The summed E-state index contributed by atoms with van der Waals surface area (Å²) in [4.78, 5) is 15.1. The van der Waals surface area contributed by atoms with Gasteiger partial charge in [0.15, 0.2) is 17.5 Å². The number of nitrogens with one attached hydrogen (secondary N) is 1. The zero-order valence-electron chi connectivity index (χ0n) is 17.4. The Morgan fingerprint density at radius 3 is 2.72 bits per heavy atom. The van der Waals surface area contributed by atoms with Gasteiger partial charge in [-0.05, 0) is 31.5 Å². The number of nitrogens with zero attached hydrogens (tertiary/aromatic N) is 4. The number of rotatable bonds is 7. The van der Waals surface area contributed by atoms with Crippen molar-refractivity contribution in [3.05, 3.63) is 45.7 Å². The van der Waals surface area contributed by atoms with E-state index >= 15 is 0 Å². The van der Waals surface area contributed by atoms with Gasteiger partial charge in [-0.2, -0.15) is 0 Å². The molecule has 29 heavy (non-hydrogen) atoms. The standard InChI is InChI=1S/C21H30FN5OS/c1-4-23-21(24-8-7-20-25-14-16(2)29-20)27-11-9-26(10-12-27)15-17-5-6-19(28-3)18(22)13-17/h5-6,13-14H,4,7-12,15H2,1-3H3,(H,23,24). The number of methoxy groups -OCH3 is 1. The third-order valence-electron chi connectivity index (χ3n) is 4.89. The number of halogens is 1. The van der Waals surface area contributed by atoms with Crippen molar-refractivity contribution >= 4 is 17.3 Å². The molecular weight excluding hydrogens is 389 g/mol. The van der Waals surface area contributed by atoms with Crippen LogP contribution in [-0.2, 0) is 13.0 Å². The molecule has 1 saturated heterocycles. The van der Waals surface area contributed by atoms with E-state index in [0.29, 0.717) is 0 Å². The van der Waals surface area contributed by atoms with Gasteiger partial charge in [0.2, 0.25) is 0 Å². The number of aryl methyl sites for hydroxylation is 1. The lowest BCUT2D eigenvalue weighted by Crippen LogP contribution is -2.52. The normalized spacial score (nSPS) is 15.6. The minimum atomic E-state index is -0.305. The molecule has 8 heteroatoms. The summed E-state index contributed by atoms with van der Waals surface area (Å²) < 4.78 is 18.9. The minimum absolute atomic E-state index is 0.290. The second kappa shape index (κ2) is 10.5. The Balaban J connectivity index is 1.51. The molecule has 0 amide bonds. The molecule has 0 unspecified atom stereocenters. The second-order valence-corrected chi connectivity index (χ2v) is 8.40. The van der Waals surface area contributed by atoms with Crippen LogP contribution in [-0.4, -0.2) is 67.1 Å². The Morgan fingerprint density at radius 2 is 2.10 bits per heavy atom. The fourth-order valence-electron chi connectivity index (χ4n) is 3.38. The van der Waals surface area contributed by atoms with Crippen LogP contribution in [0.5, 0.6) is 5.75 Å². The molecule has 0 radical (unpaired) electrons. The van der Waals surface area contributed by atoms with Crippen LogP contribution in [0.15, 0.2) is 29.4 Å². The Bertz CT molecular complexity index is 817. The summed E-state index contributed by atoms with van der Waals surface area (Å²) in [5, 5.41) is 4.54. The molecule has 2 heterocycles. The Morgan fingerprint density at radius 1 is 1.31 bits per heavy atom. The Hall–Kier alpha value is -2.19. The maximum atomic E-state index is 13.9. The van der Waals surface area contributed by atoms with Crippen LogP contribution in [0.25, 0.3) is 0 Å². The average Bonchev–Trinajstić information content (AvgIpc) is 3.13. The molecule has 1 fully saturated rings. The van der Waals surface area contributed by atoms with E-state index in [1.807, 2.05) is 12.3 Å². The SMILES string of the molecule is CCNC(=NCCc1ncc(C)s1)N1CCN(Cc2ccc(OC)c(F)c2)CC1. The molecule has 6 nitrogen and oxygen atoms in total. The number of piperazine rings is 1. The molecule has 0 saturated carbocycles. The van der Waals surface area contributed by atoms with Gasteiger partial charge in [0.25, 0.3) is 0 Å². The predicted molar refractivity (Wildman–Crippen MR) is 116 cm³/mol. The topological polar surface area (TPSA) is 53.0 Å². The van der Waals surface area contributed by atoms with Crippen molar-refractivity contribution in [3.63, 3.8) is 0 Å².